The Kier molecular flexibility index (Phi) is 4.87. The van der Waals surface area contributed by atoms with Gasteiger partial charge in [-0.15, -0.1) is 0 Å². The molecule has 116 valence electrons. The predicted octanol–water partition coefficient (Wildman–Crippen LogP) is 1.42. The van der Waals surface area contributed by atoms with Gasteiger partial charge < -0.3 is 14.5 Å². The van der Waals surface area contributed by atoms with E-state index >= 15 is 0 Å². The van der Waals surface area contributed by atoms with Gasteiger partial charge in [0.15, 0.2) is 11.3 Å². The summed E-state index contributed by atoms with van der Waals surface area (Å²) in [6, 6.07) is 7.61. The standard InChI is InChI=1S/C14H20N2O4S/c1-16(2)21(17,18)8-7-15-10-12-9-11-5-4-6-13(19-3)14(11)20-12/h4-6,9,15H,7-8,10H2,1-3H3. The number of ether oxygens (including phenoxy) is 1. The first-order chi connectivity index (χ1) is 9.94. The smallest absolute Gasteiger partial charge is 0.214 e. The number of fused-ring (bicyclic) bond motifs is 1. The molecule has 0 aliphatic heterocycles. The fraction of sp³-hybridized carbons (Fsp3) is 0.429. The SMILES string of the molecule is COc1cccc2cc(CNCCS(=O)(=O)N(C)C)oc12. The van der Waals surface area contributed by atoms with Crippen molar-refractivity contribution in [2.75, 3.05) is 33.5 Å². The maximum Gasteiger partial charge on any atom is 0.214 e. The van der Waals surface area contributed by atoms with E-state index in [0.717, 1.165) is 11.1 Å². The molecule has 0 aliphatic rings. The average molecular weight is 312 g/mol. The van der Waals surface area contributed by atoms with Crippen molar-refractivity contribution >= 4 is 21.0 Å². The van der Waals surface area contributed by atoms with Crippen molar-refractivity contribution in [2.45, 2.75) is 6.54 Å². The van der Waals surface area contributed by atoms with E-state index in [9.17, 15) is 8.42 Å². The van der Waals surface area contributed by atoms with E-state index < -0.39 is 10.0 Å². The van der Waals surface area contributed by atoms with Gasteiger partial charge in [0.2, 0.25) is 10.0 Å². The molecule has 21 heavy (non-hydrogen) atoms. The third-order valence-electron chi connectivity index (χ3n) is 3.17. The third kappa shape index (κ3) is 3.75. The lowest BCUT2D eigenvalue weighted by molar-refractivity contribution is 0.406. The molecule has 0 aliphatic carbocycles. The molecule has 7 heteroatoms. The number of hydrogen-bond donors (Lipinski definition) is 1. The molecule has 0 amide bonds. The van der Waals surface area contributed by atoms with Gasteiger partial charge in [-0.3, -0.25) is 0 Å². The molecular formula is C14H20N2O4S. The summed E-state index contributed by atoms with van der Waals surface area (Å²) in [4.78, 5) is 0. The first-order valence-corrected chi connectivity index (χ1v) is 8.21. The zero-order valence-electron chi connectivity index (χ0n) is 12.4. The molecular weight excluding hydrogens is 292 g/mol. The van der Waals surface area contributed by atoms with Gasteiger partial charge in [-0.25, -0.2) is 12.7 Å². The Hall–Kier alpha value is -1.57. The molecule has 0 bridgehead atoms. The molecule has 0 fully saturated rings. The van der Waals surface area contributed by atoms with Crippen LogP contribution in [-0.2, 0) is 16.6 Å². The number of benzene rings is 1. The molecule has 1 N–H and O–H groups in total. The van der Waals surface area contributed by atoms with Gasteiger partial charge in [0.25, 0.3) is 0 Å². The van der Waals surface area contributed by atoms with E-state index in [-0.39, 0.29) is 5.75 Å². The summed E-state index contributed by atoms with van der Waals surface area (Å²) in [5, 5.41) is 4.04. The summed E-state index contributed by atoms with van der Waals surface area (Å²) >= 11 is 0. The van der Waals surface area contributed by atoms with Gasteiger partial charge in [-0.05, 0) is 12.1 Å². The minimum Gasteiger partial charge on any atom is -0.493 e. The predicted molar refractivity (Wildman–Crippen MR) is 81.9 cm³/mol. The van der Waals surface area contributed by atoms with Gasteiger partial charge in [-0.2, -0.15) is 0 Å². The lowest BCUT2D eigenvalue weighted by Gasteiger charge is -2.10. The summed E-state index contributed by atoms with van der Waals surface area (Å²) in [6.07, 6.45) is 0. The minimum atomic E-state index is -3.17. The second-order valence-corrected chi connectivity index (χ2v) is 7.17. The van der Waals surface area contributed by atoms with Crippen molar-refractivity contribution in [3.05, 3.63) is 30.0 Å². The van der Waals surface area contributed by atoms with Gasteiger partial charge in [0.05, 0.1) is 19.4 Å². The molecule has 1 heterocycles. The molecule has 2 aromatic rings. The van der Waals surface area contributed by atoms with Crippen LogP contribution < -0.4 is 10.1 Å². The second kappa shape index (κ2) is 6.46. The molecule has 0 spiro atoms. The van der Waals surface area contributed by atoms with E-state index in [2.05, 4.69) is 5.32 Å². The van der Waals surface area contributed by atoms with Gasteiger partial charge in [-0.1, -0.05) is 12.1 Å². The molecule has 6 nitrogen and oxygen atoms in total. The molecule has 0 saturated heterocycles. The van der Waals surface area contributed by atoms with Crippen molar-refractivity contribution in [1.29, 1.82) is 0 Å². The van der Waals surface area contributed by atoms with Crippen LogP contribution in [0.25, 0.3) is 11.0 Å². The summed E-state index contributed by atoms with van der Waals surface area (Å²) in [5.74, 6) is 1.49. The van der Waals surface area contributed by atoms with Crippen LogP contribution in [0.4, 0.5) is 0 Å². The van der Waals surface area contributed by atoms with Crippen LogP contribution in [0.3, 0.4) is 0 Å². The van der Waals surface area contributed by atoms with Crippen LogP contribution in [0.2, 0.25) is 0 Å². The number of rotatable bonds is 7. The number of sulfonamides is 1. The van der Waals surface area contributed by atoms with Crippen LogP contribution in [0, 0.1) is 0 Å². The first kappa shape index (κ1) is 15.8. The Morgan fingerprint density at radius 1 is 1.33 bits per heavy atom. The largest absolute Gasteiger partial charge is 0.493 e. The van der Waals surface area contributed by atoms with Gasteiger partial charge in [0, 0.05) is 26.0 Å². The molecule has 1 aromatic heterocycles. The molecule has 0 atom stereocenters. The first-order valence-electron chi connectivity index (χ1n) is 6.60. The van der Waals surface area contributed by atoms with E-state index in [1.54, 1.807) is 7.11 Å². The fourth-order valence-corrected chi connectivity index (χ4v) is 2.70. The number of para-hydroxylation sites is 1. The van der Waals surface area contributed by atoms with Crippen LogP contribution in [0.5, 0.6) is 5.75 Å². The van der Waals surface area contributed by atoms with E-state index in [1.165, 1.54) is 18.4 Å². The molecule has 1 aromatic carbocycles. The average Bonchev–Trinajstić information content (AvgIpc) is 2.86. The van der Waals surface area contributed by atoms with Crippen molar-refractivity contribution in [3.63, 3.8) is 0 Å². The zero-order chi connectivity index (χ0) is 15.5. The highest BCUT2D eigenvalue weighted by atomic mass is 32.2. The Morgan fingerprint density at radius 3 is 2.76 bits per heavy atom. The highest BCUT2D eigenvalue weighted by Gasteiger charge is 2.13. The lowest BCUT2D eigenvalue weighted by atomic mass is 10.2. The van der Waals surface area contributed by atoms with Crippen molar-refractivity contribution < 1.29 is 17.6 Å². The van der Waals surface area contributed by atoms with Gasteiger partial charge in [0.1, 0.15) is 5.76 Å². The minimum absolute atomic E-state index is 0.0591. The van der Waals surface area contributed by atoms with Crippen LogP contribution in [0.15, 0.2) is 28.7 Å². The summed E-state index contributed by atoms with van der Waals surface area (Å²) < 4.78 is 35.4. The highest BCUT2D eigenvalue weighted by Crippen LogP contribution is 2.28. The number of methoxy groups -OCH3 is 1. The topological polar surface area (TPSA) is 71.8 Å². The quantitative estimate of drug-likeness (QED) is 0.783. The Balaban J connectivity index is 1.96. The molecule has 0 unspecified atom stereocenters. The third-order valence-corrected chi connectivity index (χ3v) is 5.00. The summed E-state index contributed by atoms with van der Waals surface area (Å²) in [5.41, 5.74) is 0.706. The van der Waals surface area contributed by atoms with Crippen LogP contribution in [-0.4, -0.2) is 46.2 Å². The highest BCUT2D eigenvalue weighted by molar-refractivity contribution is 7.89. The Bertz CT molecular complexity index is 707. The number of furan rings is 1. The van der Waals surface area contributed by atoms with E-state index in [1.807, 2.05) is 24.3 Å². The fourth-order valence-electron chi connectivity index (χ4n) is 1.93. The number of hydrogen-bond acceptors (Lipinski definition) is 5. The van der Waals surface area contributed by atoms with E-state index in [0.29, 0.717) is 24.4 Å². The number of nitrogens with zero attached hydrogens (tertiary/aromatic N) is 1. The van der Waals surface area contributed by atoms with Crippen LogP contribution in [0.1, 0.15) is 5.76 Å². The number of nitrogens with one attached hydrogen (secondary N) is 1. The molecule has 0 radical (unpaired) electrons. The Labute approximate surface area is 124 Å². The normalized spacial score (nSPS) is 12.2. The van der Waals surface area contributed by atoms with Crippen molar-refractivity contribution in [3.8, 4) is 5.75 Å². The maximum atomic E-state index is 11.6. The monoisotopic (exact) mass is 312 g/mol. The molecule has 0 saturated carbocycles. The molecule has 2 rings (SSSR count). The summed E-state index contributed by atoms with van der Waals surface area (Å²) in [7, 11) is 1.49. The maximum absolute atomic E-state index is 11.6. The van der Waals surface area contributed by atoms with Gasteiger partial charge >= 0.3 is 0 Å². The summed E-state index contributed by atoms with van der Waals surface area (Å²) in [6.45, 7) is 0.843. The van der Waals surface area contributed by atoms with Crippen molar-refractivity contribution in [1.82, 2.24) is 9.62 Å². The second-order valence-electron chi connectivity index (χ2n) is 4.87. The van der Waals surface area contributed by atoms with Crippen LogP contribution >= 0.6 is 0 Å². The van der Waals surface area contributed by atoms with Crippen molar-refractivity contribution in [2.24, 2.45) is 0 Å². The lowest BCUT2D eigenvalue weighted by Crippen LogP contribution is -2.30. The Morgan fingerprint density at radius 2 is 2.10 bits per heavy atom. The zero-order valence-corrected chi connectivity index (χ0v) is 13.2. The van der Waals surface area contributed by atoms with E-state index in [4.69, 9.17) is 9.15 Å².